The molecule has 2 aromatic rings. The molecule has 2 bridgehead atoms. The van der Waals surface area contributed by atoms with Gasteiger partial charge in [-0.15, -0.1) is 0 Å². The number of carbonyl (C=O) groups excluding carboxylic acids is 1. The fourth-order valence-corrected chi connectivity index (χ4v) is 3.51. The molecule has 5 nitrogen and oxygen atoms in total. The lowest BCUT2D eigenvalue weighted by molar-refractivity contribution is 0.0905. The molecule has 2 aliphatic heterocycles. The van der Waals surface area contributed by atoms with E-state index in [1.807, 2.05) is 4.57 Å². The van der Waals surface area contributed by atoms with Crippen molar-refractivity contribution in [3.63, 3.8) is 0 Å². The van der Waals surface area contributed by atoms with Gasteiger partial charge >= 0.3 is 0 Å². The molecular formula is C19H17F2N3O2. The molecule has 1 fully saturated rings. The summed E-state index contributed by atoms with van der Waals surface area (Å²) in [4.78, 5) is 15.8. The maximum absolute atomic E-state index is 14.5. The molecule has 1 aromatic carbocycles. The van der Waals surface area contributed by atoms with Crippen LogP contribution in [-0.2, 0) is 0 Å². The molecule has 1 aliphatic carbocycles. The number of rotatable bonds is 2. The van der Waals surface area contributed by atoms with Crippen LogP contribution >= 0.6 is 0 Å². The van der Waals surface area contributed by atoms with Gasteiger partial charge in [-0.3, -0.25) is 4.79 Å². The molecule has 3 heterocycles. The smallest absolute Gasteiger partial charge is 0.268 e. The van der Waals surface area contributed by atoms with Crippen LogP contribution < -0.4 is 5.73 Å². The lowest BCUT2D eigenvalue weighted by Crippen LogP contribution is -2.24. The first kappa shape index (κ1) is 16.7. The average molecular weight is 357 g/mol. The Bertz CT molecular complexity index is 979. The lowest BCUT2D eigenvalue weighted by Gasteiger charge is -2.34. The number of nitrogens with zero attached hydrogens (tertiary/aromatic N) is 2. The second-order valence-electron chi connectivity index (χ2n) is 7.12. The van der Waals surface area contributed by atoms with Crippen molar-refractivity contribution in [2.45, 2.75) is 37.3 Å². The van der Waals surface area contributed by atoms with E-state index in [1.54, 1.807) is 12.3 Å². The summed E-state index contributed by atoms with van der Waals surface area (Å²) in [7, 11) is 0. The minimum atomic E-state index is -1.83. The fraction of sp³-hybridized carbons (Fsp3) is 0.368. The maximum Gasteiger partial charge on any atom is 0.268 e. The molecule has 0 saturated heterocycles. The minimum absolute atomic E-state index is 0.0479. The van der Waals surface area contributed by atoms with Gasteiger partial charge in [-0.2, -0.15) is 0 Å². The number of carbonyl (C=O) groups is 1. The third-order valence-electron chi connectivity index (χ3n) is 5.04. The van der Waals surface area contributed by atoms with Gasteiger partial charge in [-0.1, -0.05) is 11.8 Å². The number of imidazole rings is 1. The molecule has 3 aliphatic rings. The van der Waals surface area contributed by atoms with Crippen molar-refractivity contribution in [3.8, 4) is 23.2 Å². The van der Waals surface area contributed by atoms with Crippen LogP contribution in [0.25, 0.3) is 11.4 Å². The summed E-state index contributed by atoms with van der Waals surface area (Å²) in [6, 6.07) is 3.18. The molecule has 5 rings (SSSR count). The number of benzene rings is 1. The van der Waals surface area contributed by atoms with Crippen molar-refractivity contribution in [2.75, 3.05) is 6.67 Å². The van der Waals surface area contributed by atoms with Gasteiger partial charge in [-0.25, -0.2) is 13.8 Å². The van der Waals surface area contributed by atoms with Crippen molar-refractivity contribution in [1.82, 2.24) is 9.55 Å². The quantitative estimate of drug-likeness (QED) is 0.809. The maximum atomic E-state index is 14.5. The highest BCUT2D eigenvalue weighted by Gasteiger charge is 2.39. The Morgan fingerprint density at radius 1 is 1.50 bits per heavy atom. The first-order valence-corrected chi connectivity index (χ1v) is 8.33. The van der Waals surface area contributed by atoms with Crippen LogP contribution in [0.2, 0.25) is 0 Å². The number of primary amides is 1. The van der Waals surface area contributed by atoms with Crippen LogP contribution in [0.1, 0.15) is 53.3 Å². The van der Waals surface area contributed by atoms with Gasteiger partial charge in [0, 0.05) is 17.8 Å². The van der Waals surface area contributed by atoms with Crippen molar-refractivity contribution < 1.29 is 18.7 Å². The molecule has 1 saturated carbocycles. The van der Waals surface area contributed by atoms with E-state index in [1.165, 1.54) is 13.0 Å². The molecule has 3 N–H and O–H groups in total. The Balaban J connectivity index is 1.88. The third-order valence-corrected chi connectivity index (χ3v) is 5.04. The SMILES string of the molecule is CC(O)(C#Cc1cc2c(cc1F)C1CC(C1)n1cc(C(N)=O)nc1-2)CF. The summed E-state index contributed by atoms with van der Waals surface area (Å²) in [6.07, 6.45) is 3.32. The molecule has 1 atom stereocenters. The monoisotopic (exact) mass is 357 g/mol. The van der Waals surface area contributed by atoms with Gasteiger partial charge in [0.05, 0.1) is 5.56 Å². The Morgan fingerprint density at radius 2 is 2.23 bits per heavy atom. The highest BCUT2D eigenvalue weighted by atomic mass is 19.1. The molecule has 1 amide bonds. The number of hydrogen-bond acceptors (Lipinski definition) is 3. The van der Waals surface area contributed by atoms with Gasteiger partial charge in [0.15, 0.2) is 5.60 Å². The predicted octanol–water partition coefficient (Wildman–Crippen LogP) is 2.29. The molecule has 1 unspecified atom stereocenters. The van der Waals surface area contributed by atoms with E-state index in [4.69, 9.17) is 5.73 Å². The summed E-state index contributed by atoms with van der Waals surface area (Å²) in [5, 5.41) is 9.69. The van der Waals surface area contributed by atoms with E-state index in [0.29, 0.717) is 11.4 Å². The molecule has 0 radical (unpaired) electrons. The summed E-state index contributed by atoms with van der Waals surface area (Å²) in [5.41, 5.74) is 5.23. The Hall–Kier alpha value is -2.72. The van der Waals surface area contributed by atoms with Crippen LogP contribution in [0.4, 0.5) is 8.78 Å². The van der Waals surface area contributed by atoms with Crippen LogP contribution in [0.5, 0.6) is 0 Å². The summed E-state index contributed by atoms with van der Waals surface area (Å²) < 4.78 is 29.2. The highest BCUT2D eigenvalue weighted by Crippen LogP contribution is 2.52. The topological polar surface area (TPSA) is 81.1 Å². The molecular weight excluding hydrogens is 340 g/mol. The first-order chi connectivity index (χ1) is 12.3. The standard InChI is InChI=1S/C19H17F2N3O2/c1-19(26,9-20)3-2-10-6-14-13(7-15(10)21)11-4-12(5-11)24-8-16(17(22)25)23-18(14)24/h6-8,11-12,26H,4-5,9H2,1H3,(H2,22,25). The number of aromatic nitrogens is 2. The molecule has 134 valence electrons. The Kier molecular flexibility index (Phi) is 3.63. The van der Waals surface area contributed by atoms with Crippen molar-refractivity contribution in [3.05, 3.63) is 41.0 Å². The number of hydrogen-bond donors (Lipinski definition) is 2. The van der Waals surface area contributed by atoms with Crippen LogP contribution in [-0.4, -0.2) is 32.8 Å². The number of aliphatic hydroxyl groups is 1. The van der Waals surface area contributed by atoms with Crippen LogP contribution in [0.3, 0.4) is 0 Å². The molecule has 7 heteroatoms. The van der Waals surface area contributed by atoms with E-state index >= 15 is 0 Å². The Labute approximate surface area is 148 Å². The summed E-state index contributed by atoms with van der Waals surface area (Å²) in [6.45, 7) is 0.171. The zero-order chi connectivity index (χ0) is 18.6. The number of alkyl halides is 1. The zero-order valence-electron chi connectivity index (χ0n) is 14.1. The highest BCUT2D eigenvalue weighted by molar-refractivity contribution is 5.91. The predicted molar refractivity (Wildman–Crippen MR) is 90.6 cm³/mol. The zero-order valence-corrected chi connectivity index (χ0v) is 14.1. The molecule has 26 heavy (non-hydrogen) atoms. The summed E-state index contributed by atoms with van der Waals surface area (Å²) >= 11 is 0. The summed E-state index contributed by atoms with van der Waals surface area (Å²) in [5.74, 6) is 4.50. The van der Waals surface area contributed by atoms with E-state index in [-0.39, 0.29) is 23.2 Å². The number of amides is 1. The average Bonchev–Trinajstić information content (AvgIpc) is 2.89. The Morgan fingerprint density at radius 3 is 2.88 bits per heavy atom. The van der Waals surface area contributed by atoms with Gasteiger partial charge < -0.3 is 15.4 Å². The fourth-order valence-electron chi connectivity index (χ4n) is 3.51. The molecule has 1 aromatic heterocycles. The van der Waals surface area contributed by atoms with Gasteiger partial charge in [0.1, 0.15) is 24.0 Å². The van der Waals surface area contributed by atoms with E-state index in [2.05, 4.69) is 16.8 Å². The first-order valence-electron chi connectivity index (χ1n) is 8.33. The number of halogens is 2. The second-order valence-corrected chi connectivity index (χ2v) is 7.12. The van der Waals surface area contributed by atoms with Gasteiger partial charge in [0.2, 0.25) is 0 Å². The van der Waals surface area contributed by atoms with Crippen LogP contribution in [0, 0.1) is 17.7 Å². The van der Waals surface area contributed by atoms with Gasteiger partial charge in [0.25, 0.3) is 5.91 Å². The largest absolute Gasteiger partial charge is 0.375 e. The van der Waals surface area contributed by atoms with Crippen molar-refractivity contribution in [2.24, 2.45) is 5.73 Å². The second kappa shape index (κ2) is 5.64. The van der Waals surface area contributed by atoms with E-state index in [0.717, 1.165) is 18.4 Å². The van der Waals surface area contributed by atoms with Crippen molar-refractivity contribution in [1.29, 1.82) is 0 Å². The van der Waals surface area contributed by atoms with Crippen LogP contribution in [0.15, 0.2) is 18.3 Å². The van der Waals surface area contributed by atoms with E-state index < -0.39 is 24.0 Å². The van der Waals surface area contributed by atoms with Gasteiger partial charge in [-0.05, 0) is 43.4 Å². The number of nitrogens with two attached hydrogens (primary N) is 1. The normalized spacial score (nSPS) is 22.0. The minimum Gasteiger partial charge on any atom is -0.375 e. The third kappa shape index (κ3) is 2.58. The van der Waals surface area contributed by atoms with Crippen molar-refractivity contribution >= 4 is 5.91 Å². The van der Waals surface area contributed by atoms with E-state index in [9.17, 15) is 18.7 Å². The molecule has 0 spiro atoms. The lowest BCUT2D eigenvalue weighted by atomic mass is 9.75.